The van der Waals surface area contributed by atoms with Gasteiger partial charge in [-0.25, -0.2) is 9.79 Å². The van der Waals surface area contributed by atoms with E-state index >= 15 is 0 Å². The molecule has 0 amide bonds. The molecular weight excluding hydrogens is 310 g/mol. The number of thioether (sulfide) groups is 1. The Hall–Kier alpha value is -1.95. The van der Waals surface area contributed by atoms with Gasteiger partial charge < -0.3 is 15.0 Å². The molecule has 0 bridgehead atoms. The Balaban J connectivity index is 2.42. The maximum absolute atomic E-state index is 12.4. The van der Waals surface area contributed by atoms with Crippen molar-refractivity contribution in [2.24, 2.45) is 4.99 Å². The number of hydrogen-bond donors (Lipinski definition) is 1. The van der Waals surface area contributed by atoms with Crippen molar-refractivity contribution in [3.63, 3.8) is 0 Å². The number of aliphatic imine (C=N–C) groups is 1. The summed E-state index contributed by atoms with van der Waals surface area (Å²) in [7, 11) is 4.00. The summed E-state index contributed by atoms with van der Waals surface area (Å²) in [5, 5.41) is 3.97. The summed E-state index contributed by atoms with van der Waals surface area (Å²) in [6.45, 7) is 4.04. The van der Waals surface area contributed by atoms with Gasteiger partial charge in [0.15, 0.2) is 5.17 Å². The number of benzene rings is 1. The average molecular weight is 333 g/mol. The van der Waals surface area contributed by atoms with Crippen molar-refractivity contribution >= 4 is 28.6 Å². The molecule has 0 saturated heterocycles. The second-order valence-electron chi connectivity index (χ2n) is 5.41. The predicted octanol–water partition coefficient (Wildman–Crippen LogP) is 2.95. The van der Waals surface area contributed by atoms with Crippen LogP contribution in [0.15, 0.2) is 40.5 Å². The maximum Gasteiger partial charge on any atom is 0.338 e. The van der Waals surface area contributed by atoms with Gasteiger partial charge in [-0.3, -0.25) is 0 Å². The topological polar surface area (TPSA) is 53.9 Å². The first-order valence-electron chi connectivity index (χ1n) is 7.51. The van der Waals surface area contributed by atoms with Gasteiger partial charge in [0, 0.05) is 25.5 Å². The van der Waals surface area contributed by atoms with Gasteiger partial charge in [0.2, 0.25) is 0 Å². The van der Waals surface area contributed by atoms with Gasteiger partial charge in [0.25, 0.3) is 0 Å². The van der Waals surface area contributed by atoms with E-state index in [2.05, 4.69) is 10.3 Å². The van der Waals surface area contributed by atoms with E-state index in [-0.39, 0.29) is 12.0 Å². The SMILES string of the molecule is CCOC(=O)C1=C(C)NC(SC)=N[C@H]1c1ccc(N(C)C)cc1. The molecule has 1 N–H and O–H groups in total. The van der Waals surface area contributed by atoms with E-state index < -0.39 is 0 Å². The zero-order valence-corrected chi connectivity index (χ0v) is 15.0. The average Bonchev–Trinajstić information content (AvgIpc) is 2.54. The van der Waals surface area contributed by atoms with E-state index in [0.717, 1.165) is 22.1 Å². The number of amidine groups is 1. The normalized spacial score (nSPS) is 17.4. The van der Waals surface area contributed by atoms with Crippen molar-refractivity contribution in [3.05, 3.63) is 41.1 Å². The van der Waals surface area contributed by atoms with Crippen molar-refractivity contribution in [2.75, 3.05) is 31.9 Å². The van der Waals surface area contributed by atoms with Crippen molar-refractivity contribution < 1.29 is 9.53 Å². The van der Waals surface area contributed by atoms with E-state index in [9.17, 15) is 4.79 Å². The number of hydrogen-bond acceptors (Lipinski definition) is 6. The highest BCUT2D eigenvalue weighted by Gasteiger charge is 2.30. The lowest BCUT2D eigenvalue weighted by Gasteiger charge is -2.25. The Morgan fingerprint density at radius 1 is 1.35 bits per heavy atom. The molecule has 1 aromatic rings. The second-order valence-corrected chi connectivity index (χ2v) is 6.21. The van der Waals surface area contributed by atoms with E-state index in [1.54, 1.807) is 0 Å². The lowest BCUT2D eigenvalue weighted by molar-refractivity contribution is -0.138. The van der Waals surface area contributed by atoms with Gasteiger partial charge in [-0.1, -0.05) is 23.9 Å². The molecule has 23 heavy (non-hydrogen) atoms. The summed E-state index contributed by atoms with van der Waals surface area (Å²) in [5.74, 6) is -0.317. The Labute approximate surface area is 141 Å². The summed E-state index contributed by atoms with van der Waals surface area (Å²) >= 11 is 1.53. The number of ether oxygens (including phenoxy) is 1. The summed E-state index contributed by atoms with van der Waals surface area (Å²) in [6, 6.07) is 7.75. The highest BCUT2D eigenvalue weighted by molar-refractivity contribution is 8.13. The fraction of sp³-hybridized carbons (Fsp3) is 0.412. The monoisotopic (exact) mass is 333 g/mol. The number of carbonyl (C=O) groups is 1. The second kappa shape index (κ2) is 7.55. The summed E-state index contributed by atoms with van der Waals surface area (Å²) in [6.07, 6.45) is 1.96. The van der Waals surface area contributed by atoms with Crippen LogP contribution < -0.4 is 10.2 Å². The largest absolute Gasteiger partial charge is 0.463 e. The van der Waals surface area contributed by atoms with Gasteiger partial charge in [0.1, 0.15) is 6.04 Å². The lowest BCUT2D eigenvalue weighted by Crippen LogP contribution is -2.30. The van der Waals surface area contributed by atoms with Crippen molar-refractivity contribution in [3.8, 4) is 0 Å². The van der Waals surface area contributed by atoms with E-state index in [0.29, 0.717) is 12.2 Å². The first kappa shape index (κ1) is 17.4. The molecule has 1 aromatic carbocycles. The van der Waals surface area contributed by atoms with Crippen LogP contribution in [-0.2, 0) is 9.53 Å². The number of carbonyl (C=O) groups excluding carboxylic acids is 1. The summed E-state index contributed by atoms with van der Waals surface area (Å²) in [5.41, 5.74) is 3.45. The third-order valence-electron chi connectivity index (χ3n) is 3.63. The van der Waals surface area contributed by atoms with Crippen molar-refractivity contribution in [1.29, 1.82) is 0 Å². The van der Waals surface area contributed by atoms with Crippen LogP contribution in [0.2, 0.25) is 0 Å². The number of nitrogens with zero attached hydrogens (tertiary/aromatic N) is 2. The molecule has 0 fully saturated rings. The van der Waals surface area contributed by atoms with Crippen LogP contribution in [0.4, 0.5) is 5.69 Å². The van der Waals surface area contributed by atoms with Crippen LogP contribution in [0, 0.1) is 0 Å². The zero-order chi connectivity index (χ0) is 17.0. The molecule has 0 saturated carbocycles. The molecule has 5 nitrogen and oxygen atoms in total. The standard InChI is InChI=1S/C17H23N3O2S/c1-6-22-16(21)14-11(2)18-17(23-5)19-15(14)12-7-9-13(10-8-12)20(3)4/h7-10,15H,6H2,1-5H3,(H,18,19)/t15-/m0/s1. The first-order valence-corrected chi connectivity index (χ1v) is 8.74. The Bertz CT molecular complexity index is 636. The number of rotatable bonds is 4. The minimum absolute atomic E-state index is 0.317. The maximum atomic E-state index is 12.4. The van der Waals surface area contributed by atoms with Gasteiger partial charge in [-0.05, 0) is 37.8 Å². The van der Waals surface area contributed by atoms with Crippen LogP contribution in [0.25, 0.3) is 0 Å². The molecule has 0 radical (unpaired) electrons. The van der Waals surface area contributed by atoms with Gasteiger partial charge in [0.05, 0.1) is 12.2 Å². The van der Waals surface area contributed by atoms with Crippen LogP contribution in [0.1, 0.15) is 25.5 Å². The third-order valence-corrected chi connectivity index (χ3v) is 4.23. The van der Waals surface area contributed by atoms with E-state index in [1.165, 1.54) is 11.8 Å². The number of esters is 1. The molecule has 1 aliphatic rings. The summed E-state index contributed by atoms with van der Waals surface area (Å²) < 4.78 is 5.21. The third kappa shape index (κ3) is 3.88. The zero-order valence-electron chi connectivity index (χ0n) is 14.2. The minimum atomic E-state index is -0.339. The molecule has 2 rings (SSSR count). The molecule has 0 aromatic heterocycles. The molecule has 0 aliphatic carbocycles. The van der Waals surface area contributed by atoms with Gasteiger partial charge in [-0.2, -0.15) is 0 Å². The molecule has 6 heteroatoms. The number of nitrogens with one attached hydrogen (secondary N) is 1. The van der Waals surface area contributed by atoms with E-state index in [1.807, 2.05) is 63.4 Å². The highest BCUT2D eigenvalue weighted by atomic mass is 32.2. The molecule has 124 valence electrons. The van der Waals surface area contributed by atoms with Crippen LogP contribution in [-0.4, -0.2) is 38.1 Å². The fourth-order valence-electron chi connectivity index (χ4n) is 2.42. The van der Waals surface area contributed by atoms with Crippen LogP contribution >= 0.6 is 11.8 Å². The molecular formula is C17H23N3O2S. The Kier molecular flexibility index (Phi) is 5.71. The molecule has 0 unspecified atom stereocenters. The molecule has 0 spiro atoms. The molecule has 1 atom stereocenters. The molecule has 1 aliphatic heterocycles. The van der Waals surface area contributed by atoms with Gasteiger partial charge in [-0.15, -0.1) is 0 Å². The minimum Gasteiger partial charge on any atom is -0.463 e. The van der Waals surface area contributed by atoms with Crippen molar-refractivity contribution in [2.45, 2.75) is 19.9 Å². The predicted molar refractivity (Wildman–Crippen MR) is 96.9 cm³/mol. The Morgan fingerprint density at radius 3 is 2.52 bits per heavy atom. The highest BCUT2D eigenvalue weighted by Crippen LogP contribution is 2.33. The van der Waals surface area contributed by atoms with Gasteiger partial charge >= 0.3 is 5.97 Å². The van der Waals surface area contributed by atoms with Crippen molar-refractivity contribution in [1.82, 2.24) is 5.32 Å². The quantitative estimate of drug-likeness (QED) is 0.859. The molecule has 1 heterocycles. The summed E-state index contributed by atoms with van der Waals surface area (Å²) in [4.78, 5) is 19.1. The van der Waals surface area contributed by atoms with Crippen LogP contribution in [0.5, 0.6) is 0 Å². The number of anilines is 1. The van der Waals surface area contributed by atoms with E-state index in [4.69, 9.17) is 4.74 Å². The fourth-order valence-corrected chi connectivity index (χ4v) is 2.89. The number of allylic oxidation sites excluding steroid dienone is 1. The lowest BCUT2D eigenvalue weighted by atomic mass is 9.96. The van der Waals surface area contributed by atoms with Crippen LogP contribution in [0.3, 0.4) is 0 Å². The Morgan fingerprint density at radius 2 is 2.00 bits per heavy atom. The first-order chi connectivity index (χ1) is 11.0. The smallest absolute Gasteiger partial charge is 0.338 e.